The van der Waals surface area contributed by atoms with Crippen molar-refractivity contribution in [2.75, 3.05) is 5.32 Å². The van der Waals surface area contributed by atoms with Crippen molar-refractivity contribution in [2.45, 2.75) is 13.8 Å². The molecule has 1 heterocycles. The lowest BCUT2D eigenvalue weighted by molar-refractivity contribution is -0.131. The Bertz CT molecular complexity index is 860. The van der Waals surface area contributed by atoms with E-state index in [9.17, 15) is 9.18 Å². The second-order valence-corrected chi connectivity index (χ2v) is 4.80. The number of nitrogens with zero attached hydrogens (tertiary/aromatic N) is 2. The quantitative estimate of drug-likeness (QED) is 0.574. The molecule has 112 valence electrons. The average Bonchev–Trinajstić information content (AvgIpc) is 2.93. The lowest BCUT2D eigenvalue weighted by atomic mass is 10.1. The molecular formula is C15H13FN4O2. The number of carbonyl (C=O) groups is 1. The Labute approximate surface area is 125 Å². The van der Waals surface area contributed by atoms with Crippen LogP contribution >= 0.6 is 0 Å². The maximum Gasteiger partial charge on any atom is 0.308 e. The van der Waals surface area contributed by atoms with E-state index in [-0.39, 0.29) is 22.5 Å². The number of aromatic amines is 1. The Morgan fingerprint density at radius 1 is 1.36 bits per heavy atom. The fourth-order valence-corrected chi connectivity index (χ4v) is 2.13. The summed E-state index contributed by atoms with van der Waals surface area (Å²) in [5.41, 5.74) is 2.12. The molecule has 0 unspecified atom stereocenters. The first-order chi connectivity index (χ1) is 10.6. The average molecular weight is 300 g/mol. The van der Waals surface area contributed by atoms with Gasteiger partial charge in [0.1, 0.15) is 16.7 Å². The maximum absolute atomic E-state index is 14.7. The number of esters is 1. The van der Waals surface area contributed by atoms with E-state index < -0.39 is 11.8 Å². The highest BCUT2D eigenvalue weighted by Gasteiger charge is 2.19. The number of para-hydroxylation sites is 1. The van der Waals surface area contributed by atoms with Gasteiger partial charge >= 0.3 is 5.97 Å². The molecule has 6 nitrogen and oxygen atoms in total. The summed E-state index contributed by atoms with van der Waals surface area (Å²) in [4.78, 5) is 11.3. The summed E-state index contributed by atoms with van der Waals surface area (Å²) in [5, 5.41) is 12.8. The minimum atomic E-state index is -0.609. The number of halogens is 1. The third-order valence-electron chi connectivity index (χ3n) is 3.19. The Balaban J connectivity index is 2.15. The van der Waals surface area contributed by atoms with Crippen LogP contribution < -0.4 is 10.1 Å². The van der Waals surface area contributed by atoms with Crippen molar-refractivity contribution < 1.29 is 13.9 Å². The first-order valence-electron chi connectivity index (χ1n) is 6.60. The Morgan fingerprint density at radius 2 is 2.14 bits per heavy atom. The van der Waals surface area contributed by atoms with Gasteiger partial charge in [-0.2, -0.15) is 0 Å². The highest BCUT2D eigenvalue weighted by molar-refractivity contribution is 5.87. The van der Waals surface area contributed by atoms with Gasteiger partial charge < -0.3 is 10.1 Å². The molecule has 3 rings (SSSR count). The largest absolute Gasteiger partial charge is 0.424 e. The molecule has 1 aromatic heterocycles. The highest BCUT2D eigenvalue weighted by atomic mass is 19.1. The number of anilines is 2. The number of H-pyrrole nitrogens is 1. The molecule has 0 aliphatic rings. The molecule has 0 saturated heterocycles. The number of hydrogen-bond acceptors (Lipinski definition) is 5. The van der Waals surface area contributed by atoms with E-state index in [2.05, 4.69) is 20.7 Å². The van der Waals surface area contributed by atoms with Gasteiger partial charge in [-0.15, -0.1) is 5.10 Å². The summed E-state index contributed by atoms with van der Waals surface area (Å²) < 4.78 is 19.8. The van der Waals surface area contributed by atoms with Gasteiger partial charge in [0, 0.05) is 18.7 Å². The van der Waals surface area contributed by atoms with Crippen LogP contribution in [0.5, 0.6) is 5.75 Å². The maximum atomic E-state index is 14.7. The zero-order valence-electron chi connectivity index (χ0n) is 12.0. The highest BCUT2D eigenvalue weighted by Crippen LogP contribution is 2.35. The van der Waals surface area contributed by atoms with Crippen LogP contribution in [0.1, 0.15) is 12.5 Å². The summed E-state index contributed by atoms with van der Waals surface area (Å²) in [6.45, 7) is 3.14. The van der Waals surface area contributed by atoms with Crippen LogP contribution in [-0.2, 0) is 4.79 Å². The van der Waals surface area contributed by atoms with E-state index in [4.69, 9.17) is 4.74 Å². The molecule has 0 atom stereocenters. The summed E-state index contributed by atoms with van der Waals surface area (Å²) in [5.74, 6) is -1.09. The lowest BCUT2D eigenvalue weighted by Gasteiger charge is -2.14. The monoisotopic (exact) mass is 300 g/mol. The molecule has 2 aromatic carbocycles. The number of ether oxygens (including phenoxy) is 1. The summed E-state index contributed by atoms with van der Waals surface area (Å²) in [6.07, 6.45) is 0. The number of fused-ring (bicyclic) bond motifs is 1. The first-order valence-corrected chi connectivity index (χ1v) is 6.60. The second-order valence-electron chi connectivity index (χ2n) is 4.80. The molecule has 0 saturated carbocycles. The molecule has 22 heavy (non-hydrogen) atoms. The molecule has 0 radical (unpaired) electrons. The Hall–Kier alpha value is -2.96. The van der Waals surface area contributed by atoms with Gasteiger partial charge in [-0.25, -0.2) is 4.39 Å². The van der Waals surface area contributed by atoms with Crippen LogP contribution in [0.4, 0.5) is 15.8 Å². The normalized spacial score (nSPS) is 10.7. The van der Waals surface area contributed by atoms with Gasteiger partial charge in [0.25, 0.3) is 0 Å². The van der Waals surface area contributed by atoms with E-state index in [1.807, 2.05) is 31.2 Å². The number of carbonyl (C=O) groups excluding carboxylic acids is 1. The van der Waals surface area contributed by atoms with Crippen molar-refractivity contribution in [1.82, 2.24) is 15.4 Å². The number of hydrogen-bond donors (Lipinski definition) is 2. The predicted molar refractivity (Wildman–Crippen MR) is 79.6 cm³/mol. The lowest BCUT2D eigenvalue weighted by Crippen LogP contribution is -2.06. The van der Waals surface area contributed by atoms with Gasteiger partial charge in [0.15, 0.2) is 11.6 Å². The predicted octanol–water partition coefficient (Wildman–Crippen LogP) is 3.07. The molecule has 2 N–H and O–H groups in total. The van der Waals surface area contributed by atoms with Gasteiger partial charge in [0.05, 0.1) is 0 Å². The van der Waals surface area contributed by atoms with Crippen LogP contribution in [0.3, 0.4) is 0 Å². The number of aromatic nitrogens is 3. The molecule has 7 heteroatoms. The van der Waals surface area contributed by atoms with Crippen molar-refractivity contribution in [3.63, 3.8) is 0 Å². The summed E-state index contributed by atoms with van der Waals surface area (Å²) >= 11 is 0. The van der Waals surface area contributed by atoms with Crippen molar-refractivity contribution in [1.29, 1.82) is 0 Å². The Morgan fingerprint density at radius 3 is 2.86 bits per heavy atom. The minimum Gasteiger partial charge on any atom is -0.424 e. The number of aryl methyl sites for hydroxylation is 1. The molecular weight excluding hydrogens is 287 g/mol. The van der Waals surface area contributed by atoms with Gasteiger partial charge in [-0.3, -0.25) is 9.89 Å². The molecule has 0 amide bonds. The van der Waals surface area contributed by atoms with Gasteiger partial charge in [-0.05, 0) is 18.6 Å². The first kappa shape index (κ1) is 14.0. The van der Waals surface area contributed by atoms with Crippen LogP contribution in [0.25, 0.3) is 11.0 Å². The molecule has 0 aliphatic heterocycles. The SMILES string of the molecule is CC(=O)Oc1cc2nn[nH]c2c(F)c1Nc1ccccc1C. The number of rotatable bonds is 3. The fraction of sp³-hybridized carbons (Fsp3) is 0.133. The van der Waals surface area contributed by atoms with E-state index in [1.165, 1.54) is 13.0 Å². The van der Waals surface area contributed by atoms with E-state index in [0.29, 0.717) is 5.69 Å². The number of nitrogens with one attached hydrogen (secondary N) is 2. The third kappa shape index (κ3) is 2.48. The van der Waals surface area contributed by atoms with Crippen LogP contribution in [-0.4, -0.2) is 21.4 Å². The molecule has 0 aliphatic carbocycles. The summed E-state index contributed by atoms with van der Waals surface area (Å²) in [6, 6.07) is 8.87. The zero-order chi connectivity index (χ0) is 15.7. The van der Waals surface area contributed by atoms with E-state index in [1.54, 1.807) is 0 Å². The second kappa shape index (κ2) is 5.44. The van der Waals surface area contributed by atoms with Gasteiger partial charge in [-0.1, -0.05) is 23.4 Å². The van der Waals surface area contributed by atoms with Crippen LogP contribution in [0.15, 0.2) is 30.3 Å². The molecule has 0 fully saturated rings. The number of benzene rings is 2. The van der Waals surface area contributed by atoms with Crippen LogP contribution in [0, 0.1) is 12.7 Å². The smallest absolute Gasteiger partial charge is 0.308 e. The van der Waals surface area contributed by atoms with Gasteiger partial charge in [0.2, 0.25) is 0 Å². The fourth-order valence-electron chi connectivity index (χ4n) is 2.13. The van der Waals surface area contributed by atoms with Crippen molar-refractivity contribution >= 4 is 28.4 Å². The van der Waals surface area contributed by atoms with E-state index >= 15 is 0 Å². The summed E-state index contributed by atoms with van der Waals surface area (Å²) in [7, 11) is 0. The van der Waals surface area contributed by atoms with Crippen molar-refractivity contribution in [2.24, 2.45) is 0 Å². The van der Waals surface area contributed by atoms with E-state index in [0.717, 1.165) is 5.56 Å². The Kier molecular flexibility index (Phi) is 3.46. The minimum absolute atomic E-state index is 0.0584. The molecule has 3 aromatic rings. The van der Waals surface area contributed by atoms with Crippen LogP contribution in [0.2, 0.25) is 0 Å². The van der Waals surface area contributed by atoms with Crippen molar-refractivity contribution in [3.05, 3.63) is 41.7 Å². The third-order valence-corrected chi connectivity index (χ3v) is 3.19. The zero-order valence-corrected chi connectivity index (χ0v) is 12.0. The standard InChI is InChI=1S/C15H13FN4O2/c1-8-5-3-4-6-10(8)17-15-12(22-9(2)21)7-11-14(13(15)16)19-20-18-11/h3-7,17H,1-2H3,(H,18,19,20). The topological polar surface area (TPSA) is 79.9 Å². The molecule has 0 bridgehead atoms. The molecule has 0 spiro atoms. The van der Waals surface area contributed by atoms with Crippen molar-refractivity contribution in [3.8, 4) is 5.75 Å².